The van der Waals surface area contributed by atoms with Gasteiger partial charge < -0.3 is 29.0 Å². The van der Waals surface area contributed by atoms with Gasteiger partial charge in [0.25, 0.3) is 0 Å². The maximum absolute atomic E-state index is 12.9. The van der Waals surface area contributed by atoms with Crippen molar-refractivity contribution in [2.24, 2.45) is 11.0 Å². The zero-order valence-electron chi connectivity index (χ0n) is 34.2. The van der Waals surface area contributed by atoms with Crippen LogP contribution >= 0.6 is 0 Å². The first-order chi connectivity index (χ1) is 25.2. The molecule has 0 heterocycles. The van der Waals surface area contributed by atoms with Gasteiger partial charge in [-0.15, -0.1) is 0 Å². The number of nitrogens with zero attached hydrogens (tertiary/aromatic N) is 3. The fourth-order valence-electron chi connectivity index (χ4n) is 5.52. The van der Waals surface area contributed by atoms with Crippen molar-refractivity contribution in [1.82, 2.24) is 5.32 Å². The molecule has 1 amide bonds. The summed E-state index contributed by atoms with van der Waals surface area (Å²) >= 11 is 0. The molecule has 0 aliphatic heterocycles. The van der Waals surface area contributed by atoms with Crippen molar-refractivity contribution in [3.05, 3.63) is 10.4 Å². The minimum absolute atomic E-state index is 0.0413. The Balaban J connectivity index is 3.99. The van der Waals surface area contributed by atoms with Gasteiger partial charge in [0, 0.05) is 43.7 Å². The van der Waals surface area contributed by atoms with Gasteiger partial charge in [0.05, 0.1) is 45.6 Å². The molecular weight excluding hydrogens is 680 g/mol. The smallest absolute Gasteiger partial charge is 0.309 e. The molecule has 0 aromatic carbocycles. The van der Waals surface area contributed by atoms with Gasteiger partial charge in [-0.25, -0.2) is 0 Å². The van der Waals surface area contributed by atoms with Gasteiger partial charge in [0.1, 0.15) is 17.0 Å². The standard InChI is InChI=1S/C40H74N4O9/c1-39(2,3)52-37(47)22-20-18-16-14-12-10-8-7-9-11-13-15-17-19-21-35(45)33-34(38(48)53-40(4,5)6)23-24-36(46)42-25-27-49-29-31-51-32-30-50-28-26-43-44-41/h34H,7-33H2,1-6H3,(H,42,46)/t34-/m1/s1. The molecule has 0 radical (unpaired) electrons. The van der Waals surface area contributed by atoms with E-state index in [0.717, 1.165) is 32.1 Å². The number of carbonyl (C=O) groups is 4. The Morgan fingerprint density at radius 3 is 1.55 bits per heavy atom. The minimum Gasteiger partial charge on any atom is -0.460 e. The summed E-state index contributed by atoms with van der Waals surface area (Å²) in [7, 11) is 0. The van der Waals surface area contributed by atoms with Crippen molar-refractivity contribution in [3.8, 4) is 0 Å². The summed E-state index contributed by atoms with van der Waals surface area (Å²) in [6.07, 6.45) is 17.5. The predicted molar refractivity (Wildman–Crippen MR) is 207 cm³/mol. The summed E-state index contributed by atoms with van der Waals surface area (Å²) < 4.78 is 27.0. The molecule has 53 heavy (non-hydrogen) atoms. The first-order valence-corrected chi connectivity index (χ1v) is 20.2. The van der Waals surface area contributed by atoms with Crippen LogP contribution in [0.1, 0.15) is 164 Å². The van der Waals surface area contributed by atoms with E-state index in [4.69, 9.17) is 29.2 Å². The van der Waals surface area contributed by atoms with E-state index in [1.54, 1.807) is 20.8 Å². The second-order valence-corrected chi connectivity index (χ2v) is 15.7. The molecular formula is C40H74N4O9. The van der Waals surface area contributed by atoms with Crippen molar-refractivity contribution >= 4 is 23.6 Å². The fraction of sp³-hybridized carbons (Fsp3) is 0.900. The van der Waals surface area contributed by atoms with Gasteiger partial charge in [-0.05, 0) is 66.3 Å². The second-order valence-electron chi connectivity index (χ2n) is 15.7. The van der Waals surface area contributed by atoms with Crippen LogP contribution in [0.2, 0.25) is 0 Å². The zero-order chi connectivity index (χ0) is 39.6. The number of rotatable bonds is 35. The third-order valence-electron chi connectivity index (χ3n) is 8.15. The molecule has 0 spiro atoms. The SMILES string of the molecule is CC(C)(C)OC(=O)CCCCCCCCCCCCCCCCC(=O)C[C@@H](CCC(=O)NCCOCCOCCOCCN=[N+]=[N-])C(=O)OC(C)(C)C. The highest BCUT2D eigenvalue weighted by molar-refractivity contribution is 5.85. The maximum atomic E-state index is 12.9. The van der Waals surface area contributed by atoms with Crippen LogP contribution in [-0.2, 0) is 42.9 Å². The Kier molecular flexibility index (Phi) is 31.0. The molecule has 0 aliphatic rings. The largest absolute Gasteiger partial charge is 0.460 e. The van der Waals surface area contributed by atoms with Gasteiger partial charge in [-0.1, -0.05) is 82.2 Å². The average molecular weight is 755 g/mol. The highest BCUT2D eigenvalue weighted by Crippen LogP contribution is 2.21. The normalized spacial score (nSPS) is 12.2. The van der Waals surface area contributed by atoms with E-state index in [0.29, 0.717) is 59.0 Å². The van der Waals surface area contributed by atoms with Gasteiger partial charge in [0.2, 0.25) is 5.91 Å². The summed E-state index contributed by atoms with van der Waals surface area (Å²) in [6, 6.07) is 0. The van der Waals surface area contributed by atoms with E-state index in [-0.39, 0.29) is 43.5 Å². The molecule has 0 saturated carbocycles. The fourth-order valence-corrected chi connectivity index (χ4v) is 5.52. The second kappa shape index (κ2) is 32.7. The van der Waals surface area contributed by atoms with Crippen LogP contribution in [0.25, 0.3) is 10.4 Å². The third-order valence-corrected chi connectivity index (χ3v) is 8.15. The van der Waals surface area contributed by atoms with Crippen molar-refractivity contribution in [2.75, 3.05) is 52.7 Å². The number of ether oxygens (including phenoxy) is 5. The van der Waals surface area contributed by atoms with Gasteiger partial charge in [-0.3, -0.25) is 19.2 Å². The van der Waals surface area contributed by atoms with Crippen LogP contribution < -0.4 is 5.32 Å². The van der Waals surface area contributed by atoms with Crippen LogP contribution in [-0.4, -0.2) is 87.6 Å². The zero-order valence-corrected chi connectivity index (χ0v) is 34.2. The number of esters is 2. The van der Waals surface area contributed by atoms with E-state index in [1.165, 1.54) is 57.8 Å². The predicted octanol–water partition coefficient (Wildman–Crippen LogP) is 8.74. The molecule has 0 aromatic rings. The number of ketones is 1. The number of carbonyl (C=O) groups excluding carboxylic acids is 4. The molecule has 0 aromatic heterocycles. The molecule has 0 aliphatic carbocycles. The molecule has 1 atom stereocenters. The van der Waals surface area contributed by atoms with Gasteiger partial charge >= 0.3 is 11.9 Å². The van der Waals surface area contributed by atoms with E-state index < -0.39 is 23.1 Å². The number of nitrogens with one attached hydrogen (secondary N) is 1. The monoisotopic (exact) mass is 755 g/mol. The summed E-state index contributed by atoms with van der Waals surface area (Å²) in [5.74, 6) is -1.33. The number of amides is 1. The lowest BCUT2D eigenvalue weighted by Crippen LogP contribution is -2.32. The molecule has 0 fully saturated rings. The van der Waals surface area contributed by atoms with Crippen LogP contribution in [0.4, 0.5) is 0 Å². The van der Waals surface area contributed by atoms with E-state index in [2.05, 4.69) is 15.3 Å². The lowest BCUT2D eigenvalue weighted by atomic mass is 9.94. The lowest BCUT2D eigenvalue weighted by molar-refractivity contribution is -0.161. The molecule has 0 saturated heterocycles. The topological polar surface area (TPSA) is 175 Å². The number of azide groups is 1. The first kappa shape index (κ1) is 50.3. The van der Waals surface area contributed by atoms with Crippen molar-refractivity contribution < 1.29 is 42.9 Å². The van der Waals surface area contributed by atoms with E-state index in [9.17, 15) is 19.2 Å². The number of unbranched alkanes of at least 4 members (excludes halogenated alkanes) is 13. The highest BCUT2D eigenvalue weighted by Gasteiger charge is 2.27. The number of hydrogen-bond acceptors (Lipinski definition) is 10. The molecule has 0 rings (SSSR count). The van der Waals surface area contributed by atoms with Crippen molar-refractivity contribution in [3.63, 3.8) is 0 Å². The molecule has 1 N–H and O–H groups in total. The Hall–Kier alpha value is -2.73. The van der Waals surface area contributed by atoms with Crippen molar-refractivity contribution in [2.45, 2.75) is 175 Å². The Bertz CT molecular complexity index is 1020. The summed E-state index contributed by atoms with van der Waals surface area (Å²) in [4.78, 5) is 52.5. The Morgan fingerprint density at radius 2 is 1.06 bits per heavy atom. The molecule has 13 nitrogen and oxygen atoms in total. The summed E-state index contributed by atoms with van der Waals surface area (Å²) in [5, 5.41) is 6.17. The van der Waals surface area contributed by atoms with E-state index in [1.807, 2.05) is 20.8 Å². The van der Waals surface area contributed by atoms with Crippen LogP contribution in [0.3, 0.4) is 0 Å². The lowest BCUT2D eigenvalue weighted by Gasteiger charge is -2.23. The van der Waals surface area contributed by atoms with Crippen LogP contribution in [0.5, 0.6) is 0 Å². The average Bonchev–Trinajstić information content (AvgIpc) is 3.06. The number of hydrogen-bond donors (Lipinski definition) is 1. The molecule has 13 heteroatoms. The molecule has 308 valence electrons. The van der Waals surface area contributed by atoms with Gasteiger partial charge in [0.15, 0.2) is 0 Å². The Labute approximate surface area is 320 Å². The third kappa shape index (κ3) is 37.4. The molecule has 0 unspecified atom stereocenters. The highest BCUT2D eigenvalue weighted by atomic mass is 16.6. The van der Waals surface area contributed by atoms with Crippen LogP contribution in [0.15, 0.2) is 5.11 Å². The van der Waals surface area contributed by atoms with Gasteiger partial charge in [-0.2, -0.15) is 0 Å². The number of Topliss-reactive ketones (excluding diaryl/α,β-unsaturated/α-hetero) is 1. The Morgan fingerprint density at radius 1 is 0.604 bits per heavy atom. The maximum Gasteiger partial charge on any atom is 0.309 e. The minimum atomic E-state index is -0.673. The van der Waals surface area contributed by atoms with Crippen molar-refractivity contribution in [1.29, 1.82) is 0 Å². The van der Waals surface area contributed by atoms with E-state index >= 15 is 0 Å². The molecule has 0 bridgehead atoms. The quantitative estimate of drug-likeness (QED) is 0.0218. The first-order valence-electron chi connectivity index (χ1n) is 20.2. The summed E-state index contributed by atoms with van der Waals surface area (Å²) in [5.41, 5.74) is 7.13. The van der Waals surface area contributed by atoms with Crippen LogP contribution in [0, 0.1) is 5.92 Å². The summed E-state index contributed by atoms with van der Waals surface area (Å²) in [6.45, 7) is 14.0.